The number of benzene rings is 2. The highest BCUT2D eigenvalue weighted by Gasteiger charge is 2.03. The molecular formula is C16H14N4. The molecule has 0 aliphatic carbocycles. The Hall–Kier alpha value is -2.75. The summed E-state index contributed by atoms with van der Waals surface area (Å²) in [5, 5.41) is 10.4. The van der Waals surface area contributed by atoms with Gasteiger partial charge in [-0.2, -0.15) is 0 Å². The van der Waals surface area contributed by atoms with Gasteiger partial charge in [0.05, 0.1) is 28.8 Å². The van der Waals surface area contributed by atoms with Crippen molar-refractivity contribution in [2.24, 2.45) is 0 Å². The highest BCUT2D eigenvalue weighted by Crippen LogP contribution is 2.21. The number of rotatable bonds is 2. The minimum atomic E-state index is 0.401. The molecule has 0 atom stereocenters. The number of nitrogens with zero attached hydrogens (tertiary/aromatic N) is 2. The van der Waals surface area contributed by atoms with Crippen LogP contribution in [0.1, 0.15) is 6.92 Å². The number of amidine groups is 1. The Bertz CT molecular complexity index is 766. The second-order valence-electron chi connectivity index (χ2n) is 4.57. The molecule has 4 heteroatoms. The number of hydrogen-bond donors (Lipinski definition) is 2. The van der Waals surface area contributed by atoms with Gasteiger partial charge in [0.1, 0.15) is 0 Å². The van der Waals surface area contributed by atoms with E-state index in [9.17, 15) is 0 Å². The van der Waals surface area contributed by atoms with Crippen LogP contribution in [0.3, 0.4) is 0 Å². The largest absolute Gasteiger partial charge is 0.344 e. The van der Waals surface area contributed by atoms with E-state index in [4.69, 9.17) is 5.41 Å². The van der Waals surface area contributed by atoms with Crippen LogP contribution in [0.25, 0.3) is 22.3 Å². The van der Waals surface area contributed by atoms with Crippen molar-refractivity contribution in [3.05, 3.63) is 54.7 Å². The van der Waals surface area contributed by atoms with Gasteiger partial charge in [0.15, 0.2) is 0 Å². The highest BCUT2D eigenvalue weighted by molar-refractivity contribution is 5.93. The molecule has 98 valence electrons. The molecular weight excluding hydrogens is 248 g/mol. The Morgan fingerprint density at radius 1 is 1.05 bits per heavy atom. The van der Waals surface area contributed by atoms with Gasteiger partial charge in [0.2, 0.25) is 0 Å². The fourth-order valence-corrected chi connectivity index (χ4v) is 2.05. The molecule has 0 saturated heterocycles. The van der Waals surface area contributed by atoms with Crippen LogP contribution >= 0.6 is 0 Å². The molecule has 0 aliphatic rings. The average Bonchev–Trinajstić information content (AvgIpc) is 2.47. The maximum Gasteiger partial charge on any atom is 0.0944 e. The van der Waals surface area contributed by atoms with Gasteiger partial charge in [-0.15, -0.1) is 0 Å². The Labute approximate surface area is 117 Å². The zero-order chi connectivity index (χ0) is 13.9. The Balaban J connectivity index is 2.03. The van der Waals surface area contributed by atoms with Crippen LogP contribution in [0.2, 0.25) is 0 Å². The molecule has 0 radical (unpaired) electrons. The number of hydrogen-bond acceptors (Lipinski definition) is 3. The highest BCUT2D eigenvalue weighted by atomic mass is 14.9. The second-order valence-corrected chi connectivity index (χ2v) is 4.57. The lowest BCUT2D eigenvalue weighted by atomic mass is 10.1. The van der Waals surface area contributed by atoms with Gasteiger partial charge < -0.3 is 5.32 Å². The summed E-state index contributed by atoms with van der Waals surface area (Å²) >= 11 is 0. The number of fused-ring (bicyclic) bond motifs is 1. The van der Waals surface area contributed by atoms with Crippen molar-refractivity contribution in [2.75, 3.05) is 5.32 Å². The fourth-order valence-electron chi connectivity index (χ4n) is 2.05. The summed E-state index contributed by atoms with van der Waals surface area (Å²) in [4.78, 5) is 9.07. The van der Waals surface area contributed by atoms with Gasteiger partial charge in [-0.1, -0.05) is 30.3 Å². The zero-order valence-corrected chi connectivity index (χ0v) is 11.1. The molecule has 0 aliphatic heterocycles. The van der Waals surface area contributed by atoms with E-state index in [0.29, 0.717) is 5.84 Å². The lowest BCUT2D eigenvalue weighted by molar-refractivity contribution is 1.29. The minimum absolute atomic E-state index is 0.401. The third-order valence-electron chi connectivity index (χ3n) is 2.94. The maximum absolute atomic E-state index is 7.44. The lowest BCUT2D eigenvalue weighted by Gasteiger charge is -2.06. The van der Waals surface area contributed by atoms with Gasteiger partial charge >= 0.3 is 0 Å². The van der Waals surface area contributed by atoms with E-state index >= 15 is 0 Å². The topological polar surface area (TPSA) is 61.7 Å². The summed E-state index contributed by atoms with van der Waals surface area (Å²) in [6, 6.07) is 15.7. The first-order valence-corrected chi connectivity index (χ1v) is 6.37. The monoisotopic (exact) mass is 262 g/mol. The van der Waals surface area contributed by atoms with Gasteiger partial charge in [-0.05, 0) is 25.1 Å². The van der Waals surface area contributed by atoms with E-state index < -0.39 is 0 Å². The molecule has 2 N–H and O–H groups in total. The van der Waals surface area contributed by atoms with Crippen molar-refractivity contribution in [1.29, 1.82) is 5.41 Å². The molecule has 0 bridgehead atoms. The Morgan fingerprint density at radius 2 is 1.85 bits per heavy atom. The van der Waals surface area contributed by atoms with Gasteiger partial charge in [-0.25, -0.2) is 4.98 Å². The summed E-state index contributed by atoms with van der Waals surface area (Å²) in [7, 11) is 0. The summed E-state index contributed by atoms with van der Waals surface area (Å²) < 4.78 is 0. The predicted molar refractivity (Wildman–Crippen MR) is 82.0 cm³/mol. The molecule has 3 rings (SSSR count). The molecule has 0 amide bonds. The van der Waals surface area contributed by atoms with Crippen LogP contribution in [-0.2, 0) is 0 Å². The first-order valence-electron chi connectivity index (χ1n) is 6.37. The van der Waals surface area contributed by atoms with E-state index in [1.165, 1.54) is 0 Å². The van der Waals surface area contributed by atoms with Gasteiger partial charge in [0.25, 0.3) is 0 Å². The smallest absolute Gasteiger partial charge is 0.0944 e. The summed E-state index contributed by atoms with van der Waals surface area (Å²) in [6.45, 7) is 1.70. The van der Waals surface area contributed by atoms with Gasteiger partial charge in [0, 0.05) is 11.3 Å². The molecule has 0 spiro atoms. The SMILES string of the molecule is CC(=N)Nc1ccc2nc(-c3ccccc3)cnc2c1. The fraction of sp³-hybridized carbons (Fsp3) is 0.0625. The van der Waals surface area contributed by atoms with E-state index in [1.807, 2.05) is 48.5 Å². The molecule has 0 fully saturated rings. The molecule has 0 saturated carbocycles. The maximum atomic E-state index is 7.44. The van der Waals surface area contributed by atoms with Crippen LogP contribution in [0.15, 0.2) is 54.7 Å². The number of nitrogens with one attached hydrogen (secondary N) is 2. The number of aromatic nitrogens is 2. The predicted octanol–water partition coefficient (Wildman–Crippen LogP) is 3.71. The Kier molecular flexibility index (Phi) is 3.13. The zero-order valence-electron chi connectivity index (χ0n) is 11.1. The first-order chi connectivity index (χ1) is 9.72. The molecule has 20 heavy (non-hydrogen) atoms. The molecule has 3 aromatic rings. The van der Waals surface area contributed by atoms with Crippen molar-refractivity contribution < 1.29 is 0 Å². The molecule has 1 aromatic heterocycles. The summed E-state index contributed by atoms with van der Waals surface area (Å²) in [5.41, 5.74) is 4.43. The van der Waals surface area contributed by atoms with E-state index in [1.54, 1.807) is 13.1 Å². The molecule has 0 unspecified atom stereocenters. The lowest BCUT2D eigenvalue weighted by Crippen LogP contribution is -2.04. The average molecular weight is 262 g/mol. The van der Waals surface area contributed by atoms with E-state index in [2.05, 4.69) is 15.3 Å². The van der Waals surface area contributed by atoms with Crippen LogP contribution in [0, 0.1) is 5.41 Å². The van der Waals surface area contributed by atoms with Crippen LogP contribution in [0.4, 0.5) is 5.69 Å². The third-order valence-corrected chi connectivity index (χ3v) is 2.94. The van der Waals surface area contributed by atoms with Crippen molar-refractivity contribution in [3.63, 3.8) is 0 Å². The van der Waals surface area contributed by atoms with Crippen molar-refractivity contribution in [2.45, 2.75) is 6.92 Å². The standard InChI is InChI=1S/C16H14N4/c1-11(17)19-13-7-8-14-15(9-13)18-10-16(20-14)12-5-3-2-4-6-12/h2-10H,1H3,(H2,17,19). The quantitative estimate of drug-likeness (QED) is 0.546. The summed E-state index contributed by atoms with van der Waals surface area (Å²) in [5.74, 6) is 0.401. The molecule has 1 heterocycles. The third kappa shape index (κ3) is 2.49. The van der Waals surface area contributed by atoms with Crippen molar-refractivity contribution >= 4 is 22.6 Å². The minimum Gasteiger partial charge on any atom is -0.344 e. The molecule has 4 nitrogen and oxygen atoms in total. The van der Waals surface area contributed by atoms with Crippen LogP contribution in [-0.4, -0.2) is 15.8 Å². The number of anilines is 1. The van der Waals surface area contributed by atoms with Crippen LogP contribution in [0.5, 0.6) is 0 Å². The van der Waals surface area contributed by atoms with E-state index in [-0.39, 0.29) is 0 Å². The van der Waals surface area contributed by atoms with E-state index in [0.717, 1.165) is 28.0 Å². The second kappa shape index (κ2) is 5.09. The normalized spacial score (nSPS) is 10.4. The van der Waals surface area contributed by atoms with Crippen molar-refractivity contribution in [1.82, 2.24) is 9.97 Å². The molecule has 2 aromatic carbocycles. The Morgan fingerprint density at radius 3 is 2.60 bits per heavy atom. The summed E-state index contributed by atoms with van der Waals surface area (Å²) in [6.07, 6.45) is 1.78. The first kappa shape index (κ1) is 12.3. The van der Waals surface area contributed by atoms with Crippen LogP contribution < -0.4 is 5.32 Å². The van der Waals surface area contributed by atoms with Gasteiger partial charge in [-0.3, -0.25) is 10.4 Å². The van der Waals surface area contributed by atoms with Crippen molar-refractivity contribution in [3.8, 4) is 11.3 Å².